The molecule has 1 rings (SSSR count). The summed E-state index contributed by atoms with van der Waals surface area (Å²) in [5, 5.41) is 9.03. The number of aliphatic hydroxyl groups is 1. The normalized spacial score (nSPS) is 10.3. The highest BCUT2D eigenvalue weighted by atomic mass is 16.5. The van der Waals surface area contributed by atoms with Gasteiger partial charge in [-0.15, -0.1) is 0 Å². The summed E-state index contributed by atoms with van der Waals surface area (Å²) in [5.74, 6) is 1.02. The summed E-state index contributed by atoms with van der Waals surface area (Å²) in [6.45, 7) is 5.79. The molecule has 0 saturated carbocycles. The zero-order valence-electron chi connectivity index (χ0n) is 10.4. The summed E-state index contributed by atoms with van der Waals surface area (Å²) in [7, 11) is 0. The Morgan fingerprint density at radius 3 is 2.71 bits per heavy atom. The van der Waals surface area contributed by atoms with Crippen LogP contribution in [0.3, 0.4) is 0 Å². The van der Waals surface area contributed by atoms with Gasteiger partial charge in [0, 0.05) is 13.1 Å². The molecule has 0 aromatic carbocycles. The molecule has 0 radical (unpaired) electrons. The molecule has 0 atom stereocenters. The van der Waals surface area contributed by atoms with E-state index in [2.05, 4.69) is 16.9 Å². The minimum Gasteiger partial charge on any atom is -0.476 e. The maximum absolute atomic E-state index is 9.03. The summed E-state index contributed by atoms with van der Waals surface area (Å²) in [6.07, 6.45) is 2.38. The third kappa shape index (κ3) is 3.45. The van der Waals surface area contributed by atoms with Crippen molar-refractivity contribution >= 4 is 11.5 Å². The number of aromatic nitrogens is 2. The molecule has 0 saturated heterocycles. The van der Waals surface area contributed by atoms with Crippen molar-refractivity contribution in [1.82, 2.24) is 9.97 Å². The molecule has 0 amide bonds. The molecule has 0 fully saturated rings. The van der Waals surface area contributed by atoms with Gasteiger partial charge in [0.15, 0.2) is 5.82 Å². The fourth-order valence-corrected chi connectivity index (χ4v) is 1.59. The van der Waals surface area contributed by atoms with Crippen LogP contribution in [0.15, 0.2) is 6.33 Å². The number of hydrogen-bond acceptors (Lipinski definition) is 6. The van der Waals surface area contributed by atoms with Gasteiger partial charge in [0.1, 0.15) is 12.0 Å². The van der Waals surface area contributed by atoms with E-state index >= 15 is 0 Å². The first kappa shape index (κ1) is 13.5. The highest BCUT2D eigenvalue weighted by Crippen LogP contribution is 2.27. The van der Waals surface area contributed by atoms with Crippen LogP contribution in [0.2, 0.25) is 0 Å². The SMILES string of the molecule is CCCN(CCO)c1ncnc(OCC)c1N. The van der Waals surface area contributed by atoms with Crippen molar-refractivity contribution in [3.63, 3.8) is 0 Å². The number of nitrogen functional groups attached to an aromatic ring is 1. The molecule has 0 bridgehead atoms. The Bertz CT molecular complexity index is 340. The Balaban J connectivity index is 2.97. The van der Waals surface area contributed by atoms with Crippen molar-refractivity contribution < 1.29 is 9.84 Å². The highest BCUT2D eigenvalue weighted by molar-refractivity contribution is 5.67. The average molecular weight is 240 g/mol. The fraction of sp³-hybridized carbons (Fsp3) is 0.636. The Morgan fingerprint density at radius 1 is 1.35 bits per heavy atom. The Hall–Kier alpha value is -1.56. The smallest absolute Gasteiger partial charge is 0.242 e. The summed E-state index contributed by atoms with van der Waals surface area (Å²) >= 11 is 0. The van der Waals surface area contributed by atoms with Crippen molar-refractivity contribution in [2.45, 2.75) is 20.3 Å². The molecule has 0 aliphatic heterocycles. The molecule has 0 spiro atoms. The first-order valence-corrected chi connectivity index (χ1v) is 5.83. The zero-order valence-corrected chi connectivity index (χ0v) is 10.4. The predicted octanol–water partition coefficient (Wildman–Crippen LogP) is 0.666. The van der Waals surface area contributed by atoms with Crippen LogP contribution >= 0.6 is 0 Å². The molecule has 0 aliphatic carbocycles. The molecule has 1 aromatic rings. The molecule has 6 heteroatoms. The summed E-state index contributed by atoms with van der Waals surface area (Å²) in [5.41, 5.74) is 6.38. The number of rotatable bonds is 7. The highest BCUT2D eigenvalue weighted by Gasteiger charge is 2.14. The minimum absolute atomic E-state index is 0.0629. The van der Waals surface area contributed by atoms with Crippen LogP contribution in [0.4, 0.5) is 11.5 Å². The Kier molecular flexibility index (Phi) is 5.48. The van der Waals surface area contributed by atoms with Crippen LogP contribution in [0.5, 0.6) is 5.88 Å². The van der Waals surface area contributed by atoms with Crippen molar-refractivity contribution in [1.29, 1.82) is 0 Å². The molecule has 1 heterocycles. The lowest BCUT2D eigenvalue weighted by atomic mass is 10.3. The van der Waals surface area contributed by atoms with Crippen LogP contribution in [0.1, 0.15) is 20.3 Å². The molecule has 0 unspecified atom stereocenters. The van der Waals surface area contributed by atoms with E-state index in [0.29, 0.717) is 30.5 Å². The van der Waals surface area contributed by atoms with E-state index in [1.54, 1.807) is 0 Å². The van der Waals surface area contributed by atoms with E-state index in [4.69, 9.17) is 15.6 Å². The summed E-state index contributed by atoms with van der Waals surface area (Å²) in [6, 6.07) is 0. The average Bonchev–Trinajstić information content (AvgIpc) is 2.32. The van der Waals surface area contributed by atoms with Crippen LogP contribution < -0.4 is 15.4 Å². The quantitative estimate of drug-likeness (QED) is 0.728. The Morgan fingerprint density at radius 2 is 2.12 bits per heavy atom. The first-order valence-electron chi connectivity index (χ1n) is 5.83. The second-order valence-electron chi connectivity index (χ2n) is 3.56. The van der Waals surface area contributed by atoms with Crippen molar-refractivity contribution in [2.75, 3.05) is 36.9 Å². The number of nitrogens with zero attached hydrogens (tertiary/aromatic N) is 3. The molecule has 1 aromatic heterocycles. The van der Waals surface area contributed by atoms with E-state index in [1.807, 2.05) is 11.8 Å². The van der Waals surface area contributed by atoms with E-state index in [0.717, 1.165) is 13.0 Å². The largest absolute Gasteiger partial charge is 0.476 e. The van der Waals surface area contributed by atoms with Gasteiger partial charge in [0.25, 0.3) is 0 Å². The molecule has 0 aliphatic rings. The predicted molar refractivity (Wildman–Crippen MR) is 67.2 cm³/mol. The molecular weight excluding hydrogens is 220 g/mol. The lowest BCUT2D eigenvalue weighted by molar-refractivity contribution is 0.301. The monoisotopic (exact) mass is 240 g/mol. The number of nitrogens with two attached hydrogens (primary N) is 1. The number of hydrogen-bond donors (Lipinski definition) is 2. The first-order chi connectivity index (χ1) is 8.24. The fourth-order valence-electron chi connectivity index (χ4n) is 1.59. The Labute approximate surface area is 101 Å². The number of aliphatic hydroxyl groups excluding tert-OH is 1. The van der Waals surface area contributed by atoms with Crippen LogP contribution in [-0.2, 0) is 0 Å². The molecule has 3 N–H and O–H groups in total. The van der Waals surface area contributed by atoms with E-state index in [1.165, 1.54) is 6.33 Å². The number of ether oxygens (including phenoxy) is 1. The van der Waals surface area contributed by atoms with Gasteiger partial charge < -0.3 is 20.5 Å². The molecule has 17 heavy (non-hydrogen) atoms. The topological polar surface area (TPSA) is 84.5 Å². The van der Waals surface area contributed by atoms with Gasteiger partial charge in [-0.05, 0) is 13.3 Å². The minimum atomic E-state index is 0.0629. The van der Waals surface area contributed by atoms with Gasteiger partial charge in [-0.25, -0.2) is 4.98 Å². The molecule has 6 nitrogen and oxygen atoms in total. The second-order valence-corrected chi connectivity index (χ2v) is 3.56. The molecular formula is C11H20N4O2. The number of anilines is 2. The lowest BCUT2D eigenvalue weighted by Gasteiger charge is -2.23. The molecule has 96 valence electrons. The lowest BCUT2D eigenvalue weighted by Crippen LogP contribution is -2.29. The van der Waals surface area contributed by atoms with E-state index < -0.39 is 0 Å². The van der Waals surface area contributed by atoms with E-state index in [-0.39, 0.29) is 6.61 Å². The van der Waals surface area contributed by atoms with Gasteiger partial charge in [0.2, 0.25) is 5.88 Å². The van der Waals surface area contributed by atoms with Gasteiger partial charge in [0.05, 0.1) is 13.2 Å². The van der Waals surface area contributed by atoms with Gasteiger partial charge in [-0.1, -0.05) is 6.92 Å². The third-order valence-electron chi connectivity index (χ3n) is 2.27. The van der Waals surface area contributed by atoms with Crippen molar-refractivity contribution in [2.24, 2.45) is 0 Å². The maximum Gasteiger partial charge on any atom is 0.242 e. The second kappa shape index (κ2) is 6.90. The third-order valence-corrected chi connectivity index (χ3v) is 2.27. The summed E-state index contributed by atoms with van der Waals surface area (Å²) in [4.78, 5) is 10.1. The van der Waals surface area contributed by atoms with E-state index in [9.17, 15) is 0 Å². The van der Waals surface area contributed by atoms with Gasteiger partial charge in [-0.2, -0.15) is 4.98 Å². The van der Waals surface area contributed by atoms with Crippen LogP contribution in [0.25, 0.3) is 0 Å². The standard InChI is InChI=1S/C11H20N4O2/c1-3-5-15(6-7-16)10-9(12)11(17-4-2)14-8-13-10/h8,16H,3-7,12H2,1-2H3. The zero-order chi connectivity index (χ0) is 12.7. The van der Waals surface area contributed by atoms with Gasteiger partial charge >= 0.3 is 0 Å². The van der Waals surface area contributed by atoms with Crippen LogP contribution in [-0.4, -0.2) is 41.4 Å². The van der Waals surface area contributed by atoms with Crippen LogP contribution in [0, 0.1) is 0 Å². The van der Waals surface area contributed by atoms with Gasteiger partial charge in [-0.3, -0.25) is 0 Å². The maximum atomic E-state index is 9.03. The van der Waals surface area contributed by atoms with Crippen molar-refractivity contribution in [3.05, 3.63) is 6.33 Å². The summed E-state index contributed by atoms with van der Waals surface area (Å²) < 4.78 is 5.32. The van der Waals surface area contributed by atoms with Crippen molar-refractivity contribution in [3.8, 4) is 5.88 Å².